The number of rotatable bonds is 5. The van der Waals surface area contributed by atoms with Crippen LogP contribution in [0.25, 0.3) is 0 Å². The minimum absolute atomic E-state index is 0.0148. The third-order valence-corrected chi connectivity index (χ3v) is 10.4. The topological polar surface area (TPSA) is 85.4 Å². The summed E-state index contributed by atoms with van der Waals surface area (Å²) < 4.78 is 17.0. The van der Waals surface area contributed by atoms with Crippen molar-refractivity contribution in [2.45, 2.75) is 109 Å². The summed E-state index contributed by atoms with van der Waals surface area (Å²) in [5.74, 6) is 1.11. The van der Waals surface area contributed by atoms with E-state index in [2.05, 4.69) is 19.9 Å². The molecule has 184 valence electrons. The third-order valence-electron chi connectivity index (χ3n) is 10.4. The van der Waals surface area contributed by atoms with Crippen molar-refractivity contribution in [3.05, 3.63) is 11.6 Å². The van der Waals surface area contributed by atoms with Crippen LogP contribution in [0.1, 0.15) is 86.0 Å². The van der Waals surface area contributed by atoms with E-state index in [0.717, 1.165) is 44.9 Å². The van der Waals surface area contributed by atoms with Gasteiger partial charge in [0.25, 0.3) is 0 Å². The maximum absolute atomic E-state index is 12.3. The van der Waals surface area contributed by atoms with Gasteiger partial charge in [0.2, 0.25) is 0 Å². The zero-order valence-corrected chi connectivity index (χ0v) is 20.8. The number of ether oxygens (including phenoxy) is 3. The molecular formula is C27H40O6. The van der Waals surface area contributed by atoms with E-state index in [9.17, 15) is 14.7 Å². The molecule has 4 aliphatic carbocycles. The van der Waals surface area contributed by atoms with Crippen molar-refractivity contribution in [1.82, 2.24) is 0 Å². The predicted molar refractivity (Wildman–Crippen MR) is 122 cm³/mol. The van der Waals surface area contributed by atoms with Gasteiger partial charge < -0.3 is 19.3 Å². The van der Waals surface area contributed by atoms with E-state index in [0.29, 0.717) is 24.4 Å². The van der Waals surface area contributed by atoms with Gasteiger partial charge in [-0.3, -0.25) is 9.59 Å². The zero-order valence-electron chi connectivity index (χ0n) is 20.8. The molecule has 0 bridgehead atoms. The Kier molecular flexibility index (Phi) is 5.34. The lowest BCUT2D eigenvalue weighted by molar-refractivity contribution is -0.165. The molecule has 0 aromatic carbocycles. The number of hydrogen-bond acceptors (Lipinski definition) is 6. The Morgan fingerprint density at radius 1 is 1.24 bits per heavy atom. The monoisotopic (exact) mass is 460 g/mol. The van der Waals surface area contributed by atoms with Crippen LogP contribution in [0.4, 0.5) is 0 Å². The second-order valence-corrected chi connectivity index (χ2v) is 12.0. The molecule has 0 amide bonds. The highest BCUT2D eigenvalue weighted by molar-refractivity contribution is 5.71. The first-order chi connectivity index (χ1) is 15.5. The van der Waals surface area contributed by atoms with Crippen LogP contribution in [0.3, 0.4) is 0 Å². The smallest absolute Gasteiger partial charge is 0.308 e. The molecule has 0 unspecified atom stereocenters. The number of aliphatic hydroxyl groups is 1. The lowest BCUT2D eigenvalue weighted by atomic mass is 9.46. The average molecular weight is 461 g/mol. The van der Waals surface area contributed by atoms with Crippen LogP contribution < -0.4 is 0 Å². The van der Waals surface area contributed by atoms with Gasteiger partial charge in [0, 0.05) is 18.8 Å². The summed E-state index contributed by atoms with van der Waals surface area (Å²) in [4.78, 5) is 23.8. The quantitative estimate of drug-likeness (QED) is 0.373. The van der Waals surface area contributed by atoms with Gasteiger partial charge in [0.05, 0.1) is 19.1 Å². The fraction of sp³-hybridized carbons (Fsp3) is 0.852. The summed E-state index contributed by atoms with van der Waals surface area (Å²) in [5, 5.41) is 11.6. The van der Waals surface area contributed by atoms with E-state index >= 15 is 0 Å². The first kappa shape index (κ1) is 23.3. The van der Waals surface area contributed by atoms with Crippen LogP contribution in [0.5, 0.6) is 0 Å². The molecule has 4 fully saturated rings. The van der Waals surface area contributed by atoms with Crippen LogP contribution in [-0.4, -0.2) is 47.1 Å². The molecule has 5 rings (SSSR count). The SMILES string of the molecule is CCOC(=O)C[C@](C)(O)[C@@]12O[C@@H]1C[C@H]1[C@@H]3CC=C4C[C@H](OC(C)=O)CC[C@]4(C)[C@H]3CC[C@@]12C. The van der Waals surface area contributed by atoms with Gasteiger partial charge in [-0.25, -0.2) is 0 Å². The number of epoxide rings is 1. The van der Waals surface area contributed by atoms with Crippen molar-refractivity contribution >= 4 is 11.9 Å². The molecular weight excluding hydrogens is 420 g/mol. The molecule has 1 N–H and O–H groups in total. The van der Waals surface area contributed by atoms with Gasteiger partial charge in [-0.2, -0.15) is 0 Å². The minimum Gasteiger partial charge on any atom is -0.466 e. The summed E-state index contributed by atoms with van der Waals surface area (Å²) in [6.07, 6.45) is 9.44. The number of carbonyl (C=O) groups is 2. The van der Waals surface area contributed by atoms with Crippen molar-refractivity contribution < 1.29 is 28.9 Å². The highest BCUT2D eigenvalue weighted by atomic mass is 16.6. The molecule has 0 radical (unpaired) electrons. The summed E-state index contributed by atoms with van der Waals surface area (Å²) in [6.45, 7) is 10.1. The lowest BCUT2D eigenvalue weighted by Crippen LogP contribution is -2.59. The standard InChI is InChI=1S/C27H40O6/c1-6-31-23(29)15-26(5,30)27-22(33-27)14-21-19-8-7-17-13-18(32-16(2)28)9-11-24(17,3)20(19)10-12-25(21,27)4/h7,18-22,30H,6,8-15H2,1-5H3/t18-,19-,20+,21+,22-,24+,25+,26+,27-/m1/s1. The first-order valence-corrected chi connectivity index (χ1v) is 12.9. The highest BCUT2D eigenvalue weighted by Crippen LogP contribution is 2.75. The second kappa shape index (κ2) is 7.55. The van der Waals surface area contributed by atoms with Crippen LogP contribution >= 0.6 is 0 Å². The van der Waals surface area contributed by atoms with E-state index in [4.69, 9.17) is 14.2 Å². The summed E-state index contributed by atoms with van der Waals surface area (Å²) >= 11 is 0. The summed E-state index contributed by atoms with van der Waals surface area (Å²) in [5.41, 5.74) is -0.392. The number of esters is 2. The Labute approximate surface area is 197 Å². The van der Waals surface area contributed by atoms with Gasteiger partial charge in [-0.1, -0.05) is 25.5 Å². The summed E-state index contributed by atoms with van der Waals surface area (Å²) in [6, 6.07) is 0. The normalized spacial score (nSPS) is 47.1. The van der Waals surface area contributed by atoms with E-state index in [1.165, 1.54) is 12.5 Å². The fourth-order valence-electron chi connectivity index (χ4n) is 9.03. The highest BCUT2D eigenvalue weighted by Gasteiger charge is 2.82. The maximum Gasteiger partial charge on any atom is 0.308 e. The number of fused-ring (bicyclic) bond motifs is 7. The Morgan fingerprint density at radius 2 is 2.00 bits per heavy atom. The van der Waals surface area contributed by atoms with Crippen LogP contribution in [0.15, 0.2) is 11.6 Å². The van der Waals surface area contributed by atoms with Crippen molar-refractivity contribution in [2.24, 2.45) is 28.6 Å². The molecule has 0 spiro atoms. The number of hydrogen-bond donors (Lipinski definition) is 1. The zero-order chi connectivity index (χ0) is 23.8. The van der Waals surface area contributed by atoms with E-state index < -0.39 is 11.2 Å². The van der Waals surface area contributed by atoms with Crippen LogP contribution in [-0.2, 0) is 23.8 Å². The minimum atomic E-state index is -1.23. The lowest BCUT2D eigenvalue weighted by Gasteiger charge is -2.59. The number of allylic oxidation sites excluding steroid dienone is 1. The molecule has 1 aliphatic heterocycles. The summed E-state index contributed by atoms with van der Waals surface area (Å²) in [7, 11) is 0. The Bertz CT molecular complexity index is 878. The van der Waals surface area contributed by atoms with Gasteiger partial charge in [-0.05, 0) is 75.5 Å². The molecule has 33 heavy (non-hydrogen) atoms. The molecule has 1 heterocycles. The number of carbonyl (C=O) groups excluding carboxylic acids is 2. The average Bonchev–Trinajstić information content (AvgIpc) is 3.41. The predicted octanol–water partition coefficient (Wildman–Crippen LogP) is 4.33. The van der Waals surface area contributed by atoms with Gasteiger partial charge in [0.1, 0.15) is 17.3 Å². The van der Waals surface area contributed by atoms with Crippen LogP contribution in [0, 0.1) is 28.6 Å². The van der Waals surface area contributed by atoms with E-state index in [1.807, 2.05) is 0 Å². The van der Waals surface area contributed by atoms with E-state index in [1.54, 1.807) is 13.8 Å². The molecule has 5 aliphatic rings. The Balaban J connectivity index is 1.39. The largest absolute Gasteiger partial charge is 0.466 e. The van der Waals surface area contributed by atoms with E-state index in [-0.39, 0.29) is 41.4 Å². The first-order valence-electron chi connectivity index (χ1n) is 12.9. The van der Waals surface area contributed by atoms with Crippen LogP contribution in [0.2, 0.25) is 0 Å². The molecule has 0 aromatic heterocycles. The van der Waals surface area contributed by atoms with Crippen molar-refractivity contribution in [3.8, 4) is 0 Å². The molecule has 3 saturated carbocycles. The van der Waals surface area contributed by atoms with Crippen molar-refractivity contribution in [2.75, 3.05) is 6.61 Å². The third kappa shape index (κ3) is 3.19. The van der Waals surface area contributed by atoms with Gasteiger partial charge in [-0.15, -0.1) is 0 Å². The fourth-order valence-corrected chi connectivity index (χ4v) is 9.03. The molecule has 6 heteroatoms. The van der Waals surface area contributed by atoms with Crippen molar-refractivity contribution in [1.29, 1.82) is 0 Å². The maximum atomic E-state index is 12.3. The van der Waals surface area contributed by atoms with Gasteiger partial charge in [0.15, 0.2) is 0 Å². The molecule has 0 aromatic rings. The Hall–Kier alpha value is -1.40. The van der Waals surface area contributed by atoms with Gasteiger partial charge >= 0.3 is 11.9 Å². The molecule has 6 nitrogen and oxygen atoms in total. The molecule has 1 saturated heterocycles. The second-order valence-electron chi connectivity index (χ2n) is 12.0. The molecule has 9 atom stereocenters. The Morgan fingerprint density at radius 3 is 2.70 bits per heavy atom. The van der Waals surface area contributed by atoms with Crippen molar-refractivity contribution in [3.63, 3.8) is 0 Å².